The summed E-state index contributed by atoms with van der Waals surface area (Å²) in [5.74, 6) is 0.235. The fourth-order valence-corrected chi connectivity index (χ4v) is 1.60. The molecule has 3 nitrogen and oxygen atoms in total. The number of rotatable bonds is 6. The molecule has 0 saturated carbocycles. The third-order valence-corrected chi connectivity index (χ3v) is 2.62. The maximum absolute atomic E-state index is 12.6. The normalized spacial score (nSPS) is 12.0. The van der Waals surface area contributed by atoms with Gasteiger partial charge in [-0.3, -0.25) is 4.79 Å². The minimum Gasteiger partial charge on any atom is -0.494 e. The first kappa shape index (κ1) is 14.8. The van der Waals surface area contributed by atoms with Crippen molar-refractivity contribution in [3.8, 4) is 5.75 Å². The van der Waals surface area contributed by atoms with Gasteiger partial charge in [0.15, 0.2) is 0 Å². The van der Waals surface area contributed by atoms with Gasteiger partial charge in [0.05, 0.1) is 6.61 Å². The number of hydrogen-bond acceptors (Lipinski definition) is 2. The van der Waals surface area contributed by atoms with E-state index in [1.165, 1.54) is 12.1 Å². The molecule has 0 aliphatic rings. The van der Waals surface area contributed by atoms with Crippen LogP contribution in [0.3, 0.4) is 0 Å². The van der Waals surface area contributed by atoms with Crippen LogP contribution >= 0.6 is 11.6 Å². The largest absolute Gasteiger partial charge is 0.494 e. The van der Waals surface area contributed by atoms with E-state index < -0.39 is 5.38 Å². The zero-order valence-corrected chi connectivity index (χ0v) is 11.3. The van der Waals surface area contributed by atoms with Crippen LogP contribution in [0.15, 0.2) is 24.3 Å². The summed E-state index contributed by atoms with van der Waals surface area (Å²) in [7, 11) is 1.71. The van der Waals surface area contributed by atoms with Crippen LogP contribution < -0.4 is 4.74 Å². The number of carbonyl (C=O) groups excluding carboxylic acids is 1. The second-order valence-corrected chi connectivity index (χ2v) is 4.69. The molecule has 0 aliphatic carbocycles. The van der Waals surface area contributed by atoms with Gasteiger partial charge in [0.2, 0.25) is 5.91 Å². The standard InChI is InChI=1S/C13H17ClFNO2/c1-10(14)13(17)16(2)8-3-9-18-12-6-4-11(15)5-7-12/h4-7,10H,3,8-9H2,1-2H3. The molecule has 1 rings (SSSR count). The van der Waals surface area contributed by atoms with E-state index in [4.69, 9.17) is 16.3 Å². The van der Waals surface area contributed by atoms with E-state index in [9.17, 15) is 9.18 Å². The number of hydrogen-bond donors (Lipinski definition) is 0. The lowest BCUT2D eigenvalue weighted by Gasteiger charge is -2.18. The van der Waals surface area contributed by atoms with Crippen LogP contribution in [0.1, 0.15) is 13.3 Å². The summed E-state index contributed by atoms with van der Waals surface area (Å²) >= 11 is 5.69. The van der Waals surface area contributed by atoms with Crippen LogP contribution in [0.4, 0.5) is 4.39 Å². The number of nitrogens with zero attached hydrogens (tertiary/aromatic N) is 1. The molecule has 1 aromatic carbocycles. The van der Waals surface area contributed by atoms with Crippen molar-refractivity contribution in [3.63, 3.8) is 0 Å². The lowest BCUT2D eigenvalue weighted by atomic mass is 10.3. The monoisotopic (exact) mass is 273 g/mol. The molecule has 0 N–H and O–H groups in total. The van der Waals surface area contributed by atoms with Crippen LogP contribution in [0, 0.1) is 5.82 Å². The van der Waals surface area contributed by atoms with Gasteiger partial charge in [0.1, 0.15) is 16.9 Å². The fraction of sp³-hybridized carbons (Fsp3) is 0.462. The molecule has 100 valence electrons. The van der Waals surface area contributed by atoms with E-state index in [1.807, 2.05) is 0 Å². The molecule has 5 heteroatoms. The van der Waals surface area contributed by atoms with Crippen molar-refractivity contribution in [2.24, 2.45) is 0 Å². The average Bonchev–Trinajstić information content (AvgIpc) is 2.35. The highest BCUT2D eigenvalue weighted by atomic mass is 35.5. The Kier molecular flexibility index (Phi) is 5.92. The number of halogens is 2. The maximum atomic E-state index is 12.6. The van der Waals surface area contributed by atoms with Crippen LogP contribution in [-0.2, 0) is 4.79 Å². The second-order valence-electron chi connectivity index (χ2n) is 4.03. The van der Waals surface area contributed by atoms with Gasteiger partial charge in [-0.15, -0.1) is 11.6 Å². The Morgan fingerprint density at radius 3 is 2.61 bits per heavy atom. The molecule has 1 aromatic rings. The van der Waals surface area contributed by atoms with E-state index in [1.54, 1.807) is 31.0 Å². The number of alkyl halides is 1. The zero-order valence-electron chi connectivity index (χ0n) is 10.5. The van der Waals surface area contributed by atoms with Crippen LogP contribution in [0.25, 0.3) is 0 Å². The summed E-state index contributed by atoms with van der Waals surface area (Å²) in [6.45, 7) is 2.70. The molecular weight excluding hydrogens is 257 g/mol. The van der Waals surface area contributed by atoms with Crippen molar-refractivity contribution < 1.29 is 13.9 Å². The summed E-state index contributed by atoms with van der Waals surface area (Å²) in [6, 6.07) is 5.84. The highest BCUT2D eigenvalue weighted by molar-refractivity contribution is 6.30. The van der Waals surface area contributed by atoms with Crippen molar-refractivity contribution in [1.82, 2.24) is 4.90 Å². The van der Waals surface area contributed by atoms with Crippen molar-refractivity contribution >= 4 is 17.5 Å². The minimum absolute atomic E-state index is 0.0987. The molecule has 0 spiro atoms. The minimum atomic E-state index is -0.506. The number of carbonyl (C=O) groups is 1. The summed E-state index contributed by atoms with van der Waals surface area (Å²) < 4.78 is 18.0. The smallest absolute Gasteiger partial charge is 0.240 e. The molecule has 0 saturated heterocycles. The lowest BCUT2D eigenvalue weighted by molar-refractivity contribution is -0.129. The van der Waals surface area contributed by atoms with Gasteiger partial charge in [0, 0.05) is 13.6 Å². The number of amides is 1. The molecular formula is C13H17ClFNO2. The van der Waals surface area contributed by atoms with Crippen molar-refractivity contribution in [2.45, 2.75) is 18.7 Å². The summed E-state index contributed by atoms with van der Waals surface area (Å²) in [5, 5.41) is -0.506. The second kappa shape index (κ2) is 7.21. The Morgan fingerprint density at radius 2 is 2.06 bits per heavy atom. The lowest BCUT2D eigenvalue weighted by Crippen LogP contribution is -2.33. The highest BCUT2D eigenvalue weighted by Gasteiger charge is 2.13. The van der Waals surface area contributed by atoms with Crippen LogP contribution in [0.2, 0.25) is 0 Å². The molecule has 1 atom stereocenters. The molecule has 1 unspecified atom stereocenters. The van der Waals surface area contributed by atoms with Gasteiger partial charge >= 0.3 is 0 Å². The van der Waals surface area contributed by atoms with E-state index >= 15 is 0 Å². The average molecular weight is 274 g/mol. The molecule has 0 aromatic heterocycles. The Morgan fingerprint density at radius 1 is 1.44 bits per heavy atom. The van der Waals surface area contributed by atoms with E-state index in [0.717, 1.165) is 0 Å². The SMILES string of the molecule is CC(Cl)C(=O)N(C)CCCOc1ccc(F)cc1. The Hall–Kier alpha value is -1.29. The van der Waals surface area contributed by atoms with Gasteiger partial charge in [-0.2, -0.15) is 0 Å². The quantitative estimate of drug-likeness (QED) is 0.589. The number of ether oxygens (including phenoxy) is 1. The first-order valence-electron chi connectivity index (χ1n) is 5.78. The molecule has 18 heavy (non-hydrogen) atoms. The third kappa shape index (κ3) is 4.92. The van der Waals surface area contributed by atoms with Crippen LogP contribution in [-0.4, -0.2) is 36.4 Å². The van der Waals surface area contributed by atoms with Gasteiger partial charge in [-0.25, -0.2) is 4.39 Å². The summed E-state index contributed by atoms with van der Waals surface area (Å²) in [6.07, 6.45) is 0.698. The Bertz CT molecular complexity index is 381. The number of benzene rings is 1. The van der Waals surface area contributed by atoms with Gasteiger partial charge < -0.3 is 9.64 Å². The predicted octanol–water partition coefficient (Wildman–Crippen LogP) is 2.68. The maximum Gasteiger partial charge on any atom is 0.240 e. The molecule has 0 fully saturated rings. The van der Waals surface area contributed by atoms with Crippen molar-refractivity contribution in [2.75, 3.05) is 20.2 Å². The molecule has 0 bridgehead atoms. The molecule has 0 heterocycles. The Labute approximate surface area is 111 Å². The zero-order chi connectivity index (χ0) is 13.5. The van der Waals surface area contributed by atoms with E-state index in [2.05, 4.69) is 0 Å². The topological polar surface area (TPSA) is 29.5 Å². The Balaban J connectivity index is 2.22. The van der Waals surface area contributed by atoms with Crippen molar-refractivity contribution in [1.29, 1.82) is 0 Å². The molecule has 1 amide bonds. The van der Waals surface area contributed by atoms with Crippen LogP contribution in [0.5, 0.6) is 5.75 Å². The van der Waals surface area contributed by atoms with E-state index in [-0.39, 0.29) is 11.7 Å². The molecule has 0 aliphatic heterocycles. The van der Waals surface area contributed by atoms with Gasteiger partial charge in [0.25, 0.3) is 0 Å². The first-order chi connectivity index (χ1) is 8.50. The highest BCUT2D eigenvalue weighted by Crippen LogP contribution is 2.11. The van der Waals surface area contributed by atoms with Gasteiger partial charge in [-0.05, 0) is 37.6 Å². The third-order valence-electron chi connectivity index (χ3n) is 2.44. The van der Waals surface area contributed by atoms with E-state index in [0.29, 0.717) is 25.3 Å². The van der Waals surface area contributed by atoms with Crippen molar-refractivity contribution in [3.05, 3.63) is 30.1 Å². The first-order valence-corrected chi connectivity index (χ1v) is 6.22. The molecule has 0 radical (unpaired) electrons. The van der Waals surface area contributed by atoms with Gasteiger partial charge in [-0.1, -0.05) is 0 Å². The fourth-order valence-electron chi connectivity index (χ4n) is 1.44. The summed E-state index contributed by atoms with van der Waals surface area (Å²) in [5.41, 5.74) is 0. The predicted molar refractivity (Wildman–Crippen MR) is 69.5 cm³/mol. The summed E-state index contributed by atoms with van der Waals surface area (Å²) in [4.78, 5) is 13.0.